The smallest absolute Gasteiger partial charge is 0.253 e. The molecule has 0 atom stereocenters. The molecule has 31 heavy (non-hydrogen) atoms. The molecule has 162 valence electrons. The number of hydrogen-bond acceptors (Lipinski definition) is 4. The predicted octanol–water partition coefficient (Wildman–Crippen LogP) is 4.24. The molecule has 2 amide bonds. The standard InChI is InChI=1S/C24H27N3O3S/c1-30-21-12-5-4-9-18(21)13-14-22(28)26-24(31)25-20-11-8-10-19(17-20)23(29)27-15-6-2-3-7-16-27/h4-5,8-14,17H,2-3,6-7,15-16H2,1H3,(H2,25,26,28,31)/b14-13+. The number of methoxy groups -OCH3 is 1. The molecule has 2 aromatic rings. The largest absolute Gasteiger partial charge is 0.496 e. The zero-order chi connectivity index (χ0) is 22.1. The van der Waals surface area contributed by atoms with Crippen LogP contribution in [0.5, 0.6) is 5.75 Å². The van der Waals surface area contributed by atoms with Gasteiger partial charge in [0.25, 0.3) is 5.91 Å². The van der Waals surface area contributed by atoms with Crippen LogP contribution in [-0.2, 0) is 4.79 Å². The van der Waals surface area contributed by atoms with Crippen LogP contribution in [0.25, 0.3) is 6.08 Å². The Bertz CT molecular complexity index is 966. The summed E-state index contributed by atoms with van der Waals surface area (Å²) in [5.41, 5.74) is 2.05. The fourth-order valence-corrected chi connectivity index (χ4v) is 3.69. The number of anilines is 1. The number of ether oxygens (including phenoxy) is 1. The first-order chi connectivity index (χ1) is 15.1. The van der Waals surface area contributed by atoms with E-state index in [0.717, 1.165) is 31.5 Å². The van der Waals surface area contributed by atoms with Crippen molar-refractivity contribution in [1.82, 2.24) is 10.2 Å². The van der Waals surface area contributed by atoms with E-state index in [9.17, 15) is 9.59 Å². The average molecular weight is 438 g/mol. The maximum atomic E-state index is 12.8. The molecule has 1 heterocycles. The van der Waals surface area contributed by atoms with Gasteiger partial charge in [-0.15, -0.1) is 0 Å². The molecule has 0 saturated carbocycles. The molecule has 1 saturated heterocycles. The van der Waals surface area contributed by atoms with Crippen molar-refractivity contribution in [3.63, 3.8) is 0 Å². The van der Waals surface area contributed by atoms with E-state index in [1.54, 1.807) is 31.4 Å². The monoisotopic (exact) mass is 437 g/mol. The van der Waals surface area contributed by atoms with E-state index in [1.165, 1.54) is 18.9 Å². The Kier molecular flexibility index (Phi) is 8.18. The fourth-order valence-electron chi connectivity index (χ4n) is 3.47. The van der Waals surface area contributed by atoms with Gasteiger partial charge in [-0.3, -0.25) is 14.9 Å². The minimum atomic E-state index is -0.361. The van der Waals surface area contributed by atoms with Gasteiger partial charge in [0.2, 0.25) is 5.91 Å². The Labute approximate surface area is 188 Å². The summed E-state index contributed by atoms with van der Waals surface area (Å²) < 4.78 is 5.27. The second kappa shape index (κ2) is 11.3. The minimum absolute atomic E-state index is 0.0280. The first-order valence-electron chi connectivity index (χ1n) is 10.4. The van der Waals surface area contributed by atoms with Gasteiger partial charge in [-0.2, -0.15) is 0 Å². The van der Waals surface area contributed by atoms with E-state index in [4.69, 9.17) is 17.0 Å². The number of amides is 2. The summed E-state index contributed by atoms with van der Waals surface area (Å²) in [6.45, 7) is 1.59. The Morgan fingerprint density at radius 3 is 2.52 bits per heavy atom. The van der Waals surface area contributed by atoms with E-state index < -0.39 is 0 Å². The number of benzene rings is 2. The topological polar surface area (TPSA) is 70.7 Å². The Hall–Kier alpha value is -3.19. The third kappa shape index (κ3) is 6.65. The van der Waals surface area contributed by atoms with Crippen molar-refractivity contribution >= 4 is 40.9 Å². The van der Waals surface area contributed by atoms with Gasteiger partial charge >= 0.3 is 0 Å². The lowest BCUT2D eigenvalue weighted by molar-refractivity contribution is -0.115. The van der Waals surface area contributed by atoms with Crippen LogP contribution in [0.1, 0.15) is 41.6 Å². The second-order valence-corrected chi connectivity index (χ2v) is 7.71. The van der Waals surface area contributed by atoms with Gasteiger partial charge in [-0.25, -0.2) is 0 Å². The molecule has 2 aromatic carbocycles. The lowest BCUT2D eigenvalue weighted by Gasteiger charge is -2.20. The Balaban J connectivity index is 1.57. The summed E-state index contributed by atoms with van der Waals surface area (Å²) >= 11 is 5.25. The van der Waals surface area contributed by atoms with Crippen molar-refractivity contribution in [1.29, 1.82) is 0 Å². The van der Waals surface area contributed by atoms with Crippen molar-refractivity contribution < 1.29 is 14.3 Å². The number of para-hydroxylation sites is 1. The average Bonchev–Trinajstić information content (AvgIpc) is 3.07. The number of likely N-dealkylation sites (tertiary alicyclic amines) is 1. The molecule has 6 nitrogen and oxygen atoms in total. The van der Waals surface area contributed by atoms with Crippen LogP contribution >= 0.6 is 12.2 Å². The molecule has 2 N–H and O–H groups in total. The maximum Gasteiger partial charge on any atom is 0.253 e. The van der Waals surface area contributed by atoms with Gasteiger partial charge in [0.15, 0.2) is 5.11 Å². The van der Waals surface area contributed by atoms with Gasteiger partial charge in [-0.1, -0.05) is 37.1 Å². The number of thiocarbonyl (C=S) groups is 1. The first kappa shape index (κ1) is 22.5. The van der Waals surface area contributed by atoms with Gasteiger partial charge in [0.1, 0.15) is 5.75 Å². The molecule has 1 fully saturated rings. The number of carbonyl (C=O) groups is 2. The zero-order valence-corrected chi connectivity index (χ0v) is 18.4. The number of carbonyl (C=O) groups excluding carboxylic acids is 2. The van der Waals surface area contributed by atoms with Gasteiger partial charge in [0.05, 0.1) is 7.11 Å². The molecule has 0 unspecified atom stereocenters. The van der Waals surface area contributed by atoms with E-state index >= 15 is 0 Å². The molecular formula is C24H27N3O3S. The molecule has 0 radical (unpaired) electrons. The van der Waals surface area contributed by atoms with Crippen molar-refractivity contribution in [3.8, 4) is 5.75 Å². The van der Waals surface area contributed by atoms with Crippen LogP contribution < -0.4 is 15.4 Å². The van der Waals surface area contributed by atoms with Crippen LogP contribution in [0.2, 0.25) is 0 Å². The normalized spacial score (nSPS) is 14.0. The van der Waals surface area contributed by atoms with Gasteiger partial charge < -0.3 is 15.0 Å². The third-order valence-electron chi connectivity index (χ3n) is 5.05. The van der Waals surface area contributed by atoms with Crippen molar-refractivity contribution in [2.45, 2.75) is 25.7 Å². The summed E-state index contributed by atoms with van der Waals surface area (Å²) in [6.07, 6.45) is 7.49. The Morgan fingerprint density at radius 2 is 1.77 bits per heavy atom. The summed E-state index contributed by atoms with van der Waals surface area (Å²) in [5.74, 6) is 0.346. The van der Waals surface area contributed by atoms with Crippen molar-refractivity contribution in [3.05, 3.63) is 65.7 Å². The van der Waals surface area contributed by atoms with E-state index in [2.05, 4.69) is 10.6 Å². The van der Waals surface area contributed by atoms with Crippen LogP contribution in [0.15, 0.2) is 54.6 Å². The second-order valence-electron chi connectivity index (χ2n) is 7.31. The van der Waals surface area contributed by atoms with Gasteiger partial charge in [0, 0.05) is 36.0 Å². The first-order valence-corrected chi connectivity index (χ1v) is 10.8. The molecule has 0 aromatic heterocycles. The van der Waals surface area contributed by atoms with Crippen molar-refractivity contribution in [2.75, 3.05) is 25.5 Å². The van der Waals surface area contributed by atoms with E-state index in [1.807, 2.05) is 35.2 Å². The molecule has 1 aliphatic heterocycles. The summed E-state index contributed by atoms with van der Waals surface area (Å²) in [6, 6.07) is 14.6. The van der Waals surface area contributed by atoms with Crippen LogP contribution in [0, 0.1) is 0 Å². The summed E-state index contributed by atoms with van der Waals surface area (Å²) in [7, 11) is 1.58. The van der Waals surface area contributed by atoms with E-state index in [0.29, 0.717) is 17.0 Å². The highest BCUT2D eigenvalue weighted by Gasteiger charge is 2.17. The summed E-state index contributed by atoms with van der Waals surface area (Å²) in [5, 5.41) is 5.75. The maximum absolute atomic E-state index is 12.8. The third-order valence-corrected chi connectivity index (χ3v) is 5.25. The van der Waals surface area contributed by atoms with Crippen molar-refractivity contribution in [2.24, 2.45) is 0 Å². The molecule has 3 rings (SSSR count). The SMILES string of the molecule is COc1ccccc1/C=C/C(=O)NC(=S)Nc1cccc(C(=O)N2CCCCCC2)c1. The predicted molar refractivity (Wildman–Crippen MR) is 127 cm³/mol. The highest BCUT2D eigenvalue weighted by Crippen LogP contribution is 2.19. The Morgan fingerprint density at radius 1 is 1.03 bits per heavy atom. The molecule has 1 aliphatic rings. The quantitative estimate of drug-likeness (QED) is 0.541. The molecule has 0 spiro atoms. The highest BCUT2D eigenvalue weighted by molar-refractivity contribution is 7.80. The number of hydrogen-bond donors (Lipinski definition) is 2. The van der Waals surface area contributed by atoms with Crippen LogP contribution in [0.3, 0.4) is 0 Å². The zero-order valence-electron chi connectivity index (χ0n) is 17.6. The fraction of sp³-hybridized carbons (Fsp3) is 0.292. The molecule has 0 bridgehead atoms. The minimum Gasteiger partial charge on any atom is -0.496 e. The molecule has 7 heteroatoms. The number of nitrogens with zero attached hydrogens (tertiary/aromatic N) is 1. The number of rotatable bonds is 5. The molecule has 0 aliphatic carbocycles. The van der Waals surface area contributed by atoms with Crippen LogP contribution in [-0.4, -0.2) is 42.0 Å². The lowest BCUT2D eigenvalue weighted by Crippen LogP contribution is -2.33. The number of nitrogens with one attached hydrogen (secondary N) is 2. The van der Waals surface area contributed by atoms with Crippen LogP contribution in [0.4, 0.5) is 5.69 Å². The highest BCUT2D eigenvalue weighted by atomic mass is 32.1. The van der Waals surface area contributed by atoms with E-state index in [-0.39, 0.29) is 16.9 Å². The van der Waals surface area contributed by atoms with Gasteiger partial charge in [-0.05, 0) is 55.4 Å². The lowest BCUT2D eigenvalue weighted by atomic mass is 10.1. The molecular weight excluding hydrogens is 410 g/mol. The summed E-state index contributed by atoms with van der Waals surface area (Å²) in [4.78, 5) is 26.9.